The number of ketones is 2. The van der Waals surface area contributed by atoms with Crippen LogP contribution in [0.1, 0.15) is 32.1 Å². The Morgan fingerprint density at radius 3 is 2.17 bits per heavy atom. The van der Waals surface area contributed by atoms with Gasteiger partial charge in [0.25, 0.3) is 0 Å². The lowest BCUT2D eigenvalue weighted by Gasteiger charge is -2.14. The van der Waals surface area contributed by atoms with E-state index in [1.54, 1.807) is 24.3 Å². The lowest BCUT2D eigenvalue weighted by atomic mass is 9.90. The van der Waals surface area contributed by atoms with Crippen LogP contribution < -0.4 is 0 Å². The molecule has 0 fully saturated rings. The van der Waals surface area contributed by atoms with Gasteiger partial charge >= 0.3 is 0 Å². The van der Waals surface area contributed by atoms with Gasteiger partial charge < -0.3 is 0 Å². The highest BCUT2D eigenvalue weighted by atomic mass is 35.5. The summed E-state index contributed by atoms with van der Waals surface area (Å²) in [5.41, 5.74) is 0.712. The normalized spacial score (nSPS) is 13.0. The summed E-state index contributed by atoms with van der Waals surface area (Å²) in [5.74, 6) is -1.57. The van der Waals surface area contributed by atoms with E-state index in [0.717, 1.165) is 4.68 Å². The van der Waals surface area contributed by atoms with E-state index >= 15 is 0 Å². The molecule has 0 spiro atoms. The van der Waals surface area contributed by atoms with Gasteiger partial charge in [-0.25, -0.2) is 9.07 Å². The summed E-state index contributed by atoms with van der Waals surface area (Å²) in [6.45, 7) is 0. The van der Waals surface area contributed by atoms with Crippen LogP contribution >= 0.6 is 23.2 Å². The van der Waals surface area contributed by atoms with Gasteiger partial charge in [-0.2, -0.15) is 0 Å². The van der Waals surface area contributed by atoms with Crippen LogP contribution in [0.4, 0.5) is 4.39 Å². The van der Waals surface area contributed by atoms with Crippen molar-refractivity contribution in [3.63, 3.8) is 0 Å². The number of carbonyl (C=O) groups excluding carboxylic acids is 2. The molecule has 8 heteroatoms. The van der Waals surface area contributed by atoms with E-state index in [4.69, 9.17) is 23.2 Å². The Morgan fingerprint density at radius 1 is 0.958 bits per heavy atom. The summed E-state index contributed by atoms with van der Waals surface area (Å²) in [5, 5.41) is 7.21. The van der Waals surface area contributed by atoms with Gasteiger partial charge in [0.1, 0.15) is 5.69 Å². The van der Waals surface area contributed by atoms with Crippen LogP contribution in [-0.4, -0.2) is 26.6 Å². The number of nitrogens with zero attached hydrogens (tertiary/aromatic N) is 3. The molecular formula is C16H6Cl2FN3O2. The zero-order valence-electron chi connectivity index (χ0n) is 11.8. The van der Waals surface area contributed by atoms with Crippen LogP contribution in [0.15, 0.2) is 36.4 Å². The Morgan fingerprint density at radius 2 is 1.54 bits per heavy atom. The van der Waals surface area contributed by atoms with E-state index in [0.29, 0.717) is 0 Å². The van der Waals surface area contributed by atoms with Gasteiger partial charge in [0, 0.05) is 11.1 Å². The fraction of sp³-hybridized carbons (Fsp3) is 0. The van der Waals surface area contributed by atoms with E-state index in [1.165, 1.54) is 12.1 Å². The lowest BCUT2D eigenvalue weighted by Crippen LogP contribution is -2.23. The third-order valence-electron chi connectivity index (χ3n) is 3.73. The Bertz CT molecular complexity index is 1020. The van der Waals surface area contributed by atoms with Crippen molar-refractivity contribution in [2.24, 2.45) is 0 Å². The highest BCUT2D eigenvalue weighted by Gasteiger charge is 2.35. The zero-order valence-corrected chi connectivity index (χ0v) is 13.3. The molecule has 0 aliphatic heterocycles. The molecule has 0 atom stereocenters. The molecular weight excluding hydrogens is 356 g/mol. The fourth-order valence-corrected chi connectivity index (χ4v) is 3.09. The number of benzene rings is 2. The molecule has 118 valence electrons. The number of hydrogen-bond donors (Lipinski definition) is 0. The minimum Gasteiger partial charge on any atom is -0.287 e. The highest BCUT2D eigenvalue weighted by molar-refractivity contribution is 6.35. The maximum atomic E-state index is 13.6. The van der Waals surface area contributed by atoms with E-state index in [2.05, 4.69) is 10.3 Å². The number of fused-ring (bicyclic) bond motifs is 2. The first-order chi connectivity index (χ1) is 11.5. The first-order valence-electron chi connectivity index (χ1n) is 6.78. The average Bonchev–Trinajstić information content (AvgIpc) is 3.02. The number of carbonyl (C=O) groups is 2. The van der Waals surface area contributed by atoms with Crippen molar-refractivity contribution in [2.75, 3.05) is 0 Å². The van der Waals surface area contributed by atoms with Gasteiger partial charge in [0.05, 0.1) is 15.7 Å². The third kappa shape index (κ3) is 2.00. The summed E-state index contributed by atoms with van der Waals surface area (Å²) >= 11 is 11.6. The predicted molar refractivity (Wildman–Crippen MR) is 84.6 cm³/mol. The van der Waals surface area contributed by atoms with Crippen molar-refractivity contribution < 1.29 is 14.0 Å². The molecule has 0 saturated carbocycles. The molecule has 2 aromatic carbocycles. The van der Waals surface area contributed by atoms with Gasteiger partial charge in [0.2, 0.25) is 11.6 Å². The summed E-state index contributed by atoms with van der Waals surface area (Å²) in [4.78, 5) is 25.3. The van der Waals surface area contributed by atoms with Crippen molar-refractivity contribution in [1.82, 2.24) is 15.0 Å². The number of rotatable bonds is 1. The summed E-state index contributed by atoms with van der Waals surface area (Å²) in [6.07, 6.45) is 0. The van der Waals surface area contributed by atoms with E-state index in [1.807, 2.05) is 0 Å². The van der Waals surface area contributed by atoms with Crippen molar-refractivity contribution in [2.45, 2.75) is 0 Å². The zero-order chi connectivity index (χ0) is 17.0. The monoisotopic (exact) mass is 361 g/mol. The molecule has 0 radical (unpaired) electrons. The lowest BCUT2D eigenvalue weighted by molar-refractivity contribution is 0.0972. The first-order valence-corrected chi connectivity index (χ1v) is 7.53. The maximum Gasteiger partial charge on any atom is 0.216 e. The SMILES string of the molecule is O=C1c2ccccc2C(=O)c2c1nnn2-c1cc(Cl)c(F)c(Cl)c1. The molecule has 1 aliphatic rings. The molecule has 3 aromatic rings. The molecule has 1 aromatic heterocycles. The topological polar surface area (TPSA) is 64.8 Å². The second kappa shape index (κ2) is 5.22. The van der Waals surface area contributed by atoms with Gasteiger partial charge in [-0.1, -0.05) is 52.7 Å². The molecule has 0 N–H and O–H groups in total. The number of halogens is 3. The second-order valence-electron chi connectivity index (χ2n) is 5.13. The van der Waals surface area contributed by atoms with Crippen molar-refractivity contribution in [1.29, 1.82) is 0 Å². The summed E-state index contributed by atoms with van der Waals surface area (Å²) < 4.78 is 14.7. The van der Waals surface area contributed by atoms with Crippen LogP contribution in [0, 0.1) is 5.82 Å². The van der Waals surface area contributed by atoms with E-state index in [9.17, 15) is 14.0 Å². The fourth-order valence-electron chi connectivity index (χ4n) is 2.62. The highest BCUT2D eigenvalue weighted by Crippen LogP contribution is 2.30. The Kier molecular flexibility index (Phi) is 3.26. The minimum absolute atomic E-state index is 0.00237. The maximum absolute atomic E-state index is 13.6. The summed E-state index contributed by atoms with van der Waals surface area (Å²) in [7, 11) is 0. The van der Waals surface area contributed by atoms with Gasteiger partial charge in [-0.05, 0) is 12.1 Å². The number of aromatic nitrogens is 3. The third-order valence-corrected chi connectivity index (χ3v) is 4.28. The van der Waals surface area contributed by atoms with Crippen LogP contribution in [-0.2, 0) is 0 Å². The van der Waals surface area contributed by atoms with E-state index in [-0.39, 0.29) is 38.2 Å². The Hall–Kier alpha value is -2.57. The van der Waals surface area contributed by atoms with E-state index < -0.39 is 17.4 Å². The minimum atomic E-state index is -0.774. The smallest absolute Gasteiger partial charge is 0.216 e. The Balaban J connectivity index is 1.96. The largest absolute Gasteiger partial charge is 0.287 e. The average molecular weight is 362 g/mol. The van der Waals surface area contributed by atoms with Crippen molar-refractivity contribution >= 4 is 34.8 Å². The van der Waals surface area contributed by atoms with Crippen molar-refractivity contribution in [3.8, 4) is 5.69 Å². The standard InChI is InChI=1S/C16H6Cl2FN3O2/c17-10-5-7(6-11(18)12(10)19)22-14-13(20-21-22)15(23)8-3-1-2-4-9(8)16(14)24/h1-6H. The molecule has 1 heterocycles. The van der Waals surface area contributed by atoms with Gasteiger partial charge in [-0.3, -0.25) is 9.59 Å². The second-order valence-corrected chi connectivity index (χ2v) is 5.94. The molecule has 0 amide bonds. The van der Waals surface area contributed by atoms with Crippen LogP contribution in [0.5, 0.6) is 0 Å². The van der Waals surface area contributed by atoms with Crippen LogP contribution in [0.25, 0.3) is 5.69 Å². The quantitative estimate of drug-likeness (QED) is 0.487. The molecule has 0 unspecified atom stereocenters. The predicted octanol–water partition coefficient (Wildman–Crippen LogP) is 3.49. The van der Waals surface area contributed by atoms with Gasteiger partial charge in [-0.15, -0.1) is 5.10 Å². The van der Waals surface area contributed by atoms with Gasteiger partial charge in [0.15, 0.2) is 11.5 Å². The Labute approximate surface area is 144 Å². The first kappa shape index (κ1) is 15.0. The molecule has 4 rings (SSSR count). The molecule has 0 saturated heterocycles. The van der Waals surface area contributed by atoms with Crippen LogP contribution in [0.2, 0.25) is 10.0 Å². The molecule has 1 aliphatic carbocycles. The molecule has 0 bridgehead atoms. The van der Waals surface area contributed by atoms with Crippen molar-refractivity contribution in [3.05, 3.63) is 74.8 Å². The number of hydrogen-bond acceptors (Lipinski definition) is 4. The summed E-state index contributed by atoms with van der Waals surface area (Å²) in [6, 6.07) is 8.96. The van der Waals surface area contributed by atoms with Crippen LogP contribution in [0.3, 0.4) is 0 Å². The molecule has 24 heavy (non-hydrogen) atoms. The molecule has 5 nitrogen and oxygen atoms in total.